The number of likely N-dealkylation sites (tertiary alicyclic amines) is 1. The minimum absolute atomic E-state index is 0.0166. The first kappa shape index (κ1) is 27.8. The molecule has 2 amide bonds. The van der Waals surface area contributed by atoms with Crippen LogP contribution in [-0.2, 0) is 9.53 Å². The third-order valence-corrected chi connectivity index (χ3v) is 10.6. The van der Waals surface area contributed by atoms with Crippen molar-refractivity contribution in [2.75, 3.05) is 33.3 Å². The van der Waals surface area contributed by atoms with Gasteiger partial charge in [-0.2, -0.15) is 0 Å². The number of ether oxygens (including phenoxy) is 1. The Balaban J connectivity index is 1.33. The van der Waals surface area contributed by atoms with Gasteiger partial charge in [-0.3, -0.25) is 9.69 Å². The zero-order valence-corrected chi connectivity index (χ0v) is 24.3. The van der Waals surface area contributed by atoms with Gasteiger partial charge in [-0.15, -0.1) is 0 Å². The van der Waals surface area contributed by atoms with Crippen molar-refractivity contribution in [2.45, 2.75) is 95.6 Å². The lowest BCUT2D eigenvalue weighted by Crippen LogP contribution is -2.56. The molecule has 2 aliphatic carbocycles. The van der Waals surface area contributed by atoms with Gasteiger partial charge in [0.25, 0.3) is 0 Å². The highest BCUT2D eigenvalue weighted by atomic mass is 35.5. The maximum Gasteiger partial charge on any atom is 0.410 e. The molecule has 0 aromatic heterocycles. The van der Waals surface area contributed by atoms with E-state index in [4.69, 9.17) is 16.3 Å². The van der Waals surface area contributed by atoms with Crippen LogP contribution in [0.4, 0.5) is 4.79 Å². The first-order chi connectivity index (χ1) is 18.2. The Hall–Kier alpha value is -1.79. The van der Waals surface area contributed by atoms with Crippen molar-refractivity contribution < 1.29 is 14.3 Å². The van der Waals surface area contributed by atoms with Crippen molar-refractivity contribution in [1.29, 1.82) is 0 Å². The Morgan fingerprint density at radius 1 is 1.05 bits per heavy atom. The van der Waals surface area contributed by atoms with Gasteiger partial charge < -0.3 is 15.0 Å². The molecule has 6 nitrogen and oxygen atoms in total. The van der Waals surface area contributed by atoms with Gasteiger partial charge in [-0.05, 0) is 101 Å². The van der Waals surface area contributed by atoms with Crippen LogP contribution in [0.15, 0.2) is 24.3 Å². The third kappa shape index (κ3) is 5.58. The highest BCUT2D eigenvalue weighted by Gasteiger charge is 2.50. The van der Waals surface area contributed by atoms with Crippen LogP contribution in [0.1, 0.15) is 89.5 Å². The first-order valence-corrected chi connectivity index (χ1v) is 15.3. The van der Waals surface area contributed by atoms with Crippen LogP contribution >= 0.6 is 11.6 Å². The molecule has 0 spiro atoms. The molecule has 7 heteroatoms. The third-order valence-electron chi connectivity index (χ3n) is 10.4. The van der Waals surface area contributed by atoms with Gasteiger partial charge in [0.1, 0.15) is 6.61 Å². The number of rotatable bonds is 6. The molecule has 4 aliphatic rings. The zero-order chi connectivity index (χ0) is 26.9. The summed E-state index contributed by atoms with van der Waals surface area (Å²) in [6, 6.07) is 8.49. The number of halogens is 1. The fraction of sp³-hybridized carbons (Fsp3) is 0.742. The van der Waals surface area contributed by atoms with Gasteiger partial charge >= 0.3 is 6.09 Å². The van der Waals surface area contributed by atoms with E-state index in [0.29, 0.717) is 24.5 Å². The predicted molar refractivity (Wildman–Crippen MR) is 151 cm³/mol. The number of nitrogens with zero attached hydrogens (tertiary/aromatic N) is 2. The van der Waals surface area contributed by atoms with Gasteiger partial charge in [0.15, 0.2) is 0 Å². The van der Waals surface area contributed by atoms with E-state index in [1.165, 1.54) is 37.7 Å². The fourth-order valence-corrected chi connectivity index (χ4v) is 7.99. The second kappa shape index (κ2) is 11.4. The zero-order valence-electron chi connectivity index (χ0n) is 23.5. The van der Waals surface area contributed by atoms with Crippen molar-refractivity contribution in [2.24, 2.45) is 17.3 Å². The van der Waals surface area contributed by atoms with E-state index in [1.807, 2.05) is 24.1 Å². The second-order valence-corrected chi connectivity index (χ2v) is 13.5. The summed E-state index contributed by atoms with van der Waals surface area (Å²) in [6.07, 6.45) is 11.1. The molecule has 2 saturated heterocycles. The Bertz CT molecular complexity index is 983. The normalized spacial score (nSPS) is 29.8. The molecule has 3 atom stereocenters. The minimum Gasteiger partial charge on any atom is -0.447 e. The van der Waals surface area contributed by atoms with Crippen LogP contribution in [0.3, 0.4) is 0 Å². The van der Waals surface area contributed by atoms with Crippen LogP contribution in [0.25, 0.3) is 0 Å². The number of piperidine rings is 1. The summed E-state index contributed by atoms with van der Waals surface area (Å²) in [5.41, 5.74) is 1.01. The summed E-state index contributed by atoms with van der Waals surface area (Å²) >= 11 is 6.18. The highest BCUT2D eigenvalue weighted by molar-refractivity contribution is 6.30. The molecular weight excluding hydrogens is 498 g/mol. The molecule has 5 rings (SSSR count). The van der Waals surface area contributed by atoms with E-state index in [0.717, 1.165) is 56.8 Å². The SMILES string of the molecule is CN[C@@H]1CC[C@@H](c2ccc(Cl)cc2)C(C(=O)N2CCC(CN3C(=O)OCC3(C)C)(C3CCCCC3)CC2)C1. The van der Waals surface area contributed by atoms with E-state index < -0.39 is 0 Å². The Labute approximate surface area is 233 Å². The van der Waals surface area contributed by atoms with Gasteiger partial charge in [0.2, 0.25) is 5.91 Å². The Morgan fingerprint density at radius 3 is 2.34 bits per heavy atom. The molecule has 210 valence electrons. The van der Waals surface area contributed by atoms with Crippen LogP contribution in [-0.4, -0.2) is 66.7 Å². The average molecular weight is 544 g/mol. The molecule has 2 aliphatic heterocycles. The molecule has 1 aromatic carbocycles. The van der Waals surface area contributed by atoms with Crippen molar-refractivity contribution in [3.05, 3.63) is 34.9 Å². The number of nitrogens with one attached hydrogen (secondary N) is 1. The molecule has 0 bridgehead atoms. The first-order valence-electron chi connectivity index (χ1n) is 14.9. The number of carbonyl (C=O) groups is 2. The summed E-state index contributed by atoms with van der Waals surface area (Å²) in [5, 5.41) is 4.18. The number of benzene rings is 1. The van der Waals surface area contributed by atoms with Crippen molar-refractivity contribution in [3.8, 4) is 0 Å². The Kier molecular flexibility index (Phi) is 8.31. The molecular formula is C31H46ClN3O3. The lowest BCUT2D eigenvalue weighted by molar-refractivity contribution is -0.141. The highest BCUT2D eigenvalue weighted by Crippen LogP contribution is 2.48. The van der Waals surface area contributed by atoms with Gasteiger partial charge in [0, 0.05) is 36.6 Å². The fourth-order valence-electron chi connectivity index (χ4n) is 7.87. The minimum atomic E-state index is -0.276. The lowest BCUT2D eigenvalue weighted by atomic mass is 9.63. The average Bonchev–Trinajstić information content (AvgIpc) is 3.20. The van der Waals surface area contributed by atoms with E-state index in [9.17, 15) is 9.59 Å². The van der Waals surface area contributed by atoms with Crippen molar-refractivity contribution in [3.63, 3.8) is 0 Å². The summed E-state index contributed by atoms with van der Waals surface area (Å²) in [7, 11) is 2.01. The molecule has 38 heavy (non-hydrogen) atoms. The molecule has 4 fully saturated rings. The van der Waals surface area contributed by atoms with Crippen molar-refractivity contribution in [1.82, 2.24) is 15.1 Å². The quantitative estimate of drug-likeness (QED) is 0.462. The predicted octanol–water partition coefficient (Wildman–Crippen LogP) is 6.23. The van der Waals surface area contributed by atoms with Crippen molar-refractivity contribution >= 4 is 23.6 Å². The standard InChI is InChI=1S/C31H46ClN3O3/c1-30(2)21-38-29(37)35(30)20-31(23-7-5-4-6-8-23)15-17-34(18-16-31)28(36)27-19-25(33-3)13-14-26(27)22-9-11-24(32)12-10-22/h9-12,23,25-27,33H,4-8,13-21H2,1-3H3/t25-,26+,27?/m1/s1. The van der Waals surface area contributed by atoms with Crippen LogP contribution in [0.2, 0.25) is 5.02 Å². The summed E-state index contributed by atoms with van der Waals surface area (Å²) in [4.78, 5) is 31.0. The number of cyclic esters (lactones) is 1. The maximum atomic E-state index is 14.1. The number of hydrogen-bond donors (Lipinski definition) is 1. The molecule has 1 N–H and O–H groups in total. The molecule has 0 radical (unpaired) electrons. The molecule has 2 saturated carbocycles. The molecule has 1 unspecified atom stereocenters. The number of hydrogen-bond acceptors (Lipinski definition) is 4. The monoisotopic (exact) mass is 543 g/mol. The smallest absolute Gasteiger partial charge is 0.410 e. The van der Waals surface area contributed by atoms with Gasteiger partial charge in [-0.1, -0.05) is 43.0 Å². The van der Waals surface area contributed by atoms with Crippen LogP contribution in [0, 0.1) is 17.3 Å². The lowest BCUT2D eigenvalue weighted by Gasteiger charge is -2.51. The summed E-state index contributed by atoms with van der Waals surface area (Å²) in [5.74, 6) is 1.14. The van der Waals surface area contributed by atoms with E-state index >= 15 is 0 Å². The van der Waals surface area contributed by atoms with Gasteiger partial charge in [-0.25, -0.2) is 4.79 Å². The van der Waals surface area contributed by atoms with E-state index in [1.54, 1.807) is 0 Å². The molecule has 2 heterocycles. The number of carbonyl (C=O) groups excluding carboxylic acids is 2. The topological polar surface area (TPSA) is 61.9 Å². The van der Waals surface area contributed by atoms with Crippen LogP contribution < -0.4 is 5.32 Å². The largest absolute Gasteiger partial charge is 0.447 e. The number of amides is 2. The van der Waals surface area contributed by atoms with Crippen LogP contribution in [0.5, 0.6) is 0 Å². The summed E-state index contributed by atoms with van der Waals surface area (Å²) < 4.78 is 5.48. The van der Waals surface area contributed by atoms with E-state index in [2.05, 4.69) is 36.2 Å². The van der Waals surface area contributed by atoms with E-state index in [-0.39, 0.29) is 28.9 Å². The molecule has 1 aromatic rings. The van der Waals surface area contributed by atoms with Gasteiger partial charge in [0.05, 0.1) is 5.54 Å². The second-order valence-electron chi connectivity index (χ2n) is 13.0. The summed E-state index contributed by atoms with van der Waals surface area (Å²) in [6.45, 7) is 7.01. The maximum absolute atomic E-state index is 14.1. The Morgan fingerprint density at radius 2 is 1.74 bits per heavy atom.